The van der Waals surface area contributed by atoms with Crippen LogP contribution in [0.2, 0.25) is 0 Å². The minimum atomic E-state index is 0.562. The van der Waals surface area contributed by atoms with Crippen molar-refractivity contribution < 1.29 is 0 Å². The van der Waals surface area contributed by atoms with Gasteiger partial charge in [-0.25, -0.2) is 0 Å². The molecule has 0 saturated heterocycles. The molecule has 1 saturated carbocycles. The predicted molar refractivity (Wildman–Crippen MR) is 89.8 cm³/mol. The highest BCUT2D eigenvalue weighted by Crippen LogP contribution is 2.25. The fourth-order valence-corrected chi connectivity index (χ4v) is 2.93. The molecule has 21 heavy (non-hydrogen) atoms. The molecule has 2 aromatic carbocycles. The maximum absolute atomic E-state index is 3.71. The summed E-state index contributed by atoms with van der Waals surface area (Å²) in [4.78, 5) is 0. The molecule has 2 aromatic rings. The second-order valence-corrected chi connectivity index (χ2v) is 6.42. The van der Waals surface area contributed by atoms with E-state index in [0.29, 0.717) is 5.92 Å². The van der Waals surface area contributed by atoms with Crippen molar-refractivity contribution in [1.29, 1.82) is 0 Å². The van der Waals surface area contributed by atoms with Crippen LogP contribution in [0.4, 0.5) is 0 Å². The number of hydrogen-bond acceptors (Lipinski definition) is 1. The van der Waals surface area contributed by atoms with Crippen LogP contribution in [-0.2, 0) is 6.42 Å². The zero-order valence-electron chi connectivity index (χ0n) is 13.1. The van der Waals surface area contributed by atoms with Gasteiger partial charge in [-0.15, -0.1) is 0 Å². The summed E-state index contributed by atoms with van der Waals surface area (Å²) in [5.41, 5.74) is 5.70. The van der Waals surface area contributed by atoms with E-state index in [1.54, 1.807) is 0 Å². The maximum Gasteiger partial charge on any atom is 0.00684 e. The van der Waals surface area contributed by atoms with E-state index in [0.717, 1.165) is 19.0 Å². The molecule has 0 aromatic heterocycles. The highest BCUT2D eigenvalue weighted by molar-refractivity contribution is 5.31. The van der Waals surface area contributed by atoms with Crippen molar-refractivity contribution in [3.63, 3.8) is 0 Å². The van der Waals surface area contributed by atoms with Crippen LogP contribution in [0.5, 0.6) is 0 Å². The van der Waals surface area contributed by atoms with Gasteiger partial charge in [0, 0.05) is 18.5 Å². The molecule has 0 bridgehead atoms. The molecule has 3 rings (SSSR count). The van der Waals surface area contributed by atoms with Crippen molar-refractivity contribution in [2.45, 2.75) is 45.1 Å². The van der Waals surface area contributed by atoms with Crippen molar-refractivity contribution in [3.8, 4) is 0 Å². The van der Waals surface area contributed by atoms with Crippen LogP contribution < -0.4 is 5.32 Å². The molecule has 1 fully saturated rings. The van der Waals surface area contributed by atoms with E-state index in [1.165, 1.54) is 35.1 Å². The van der Waals surface area contributed by atoms with Crippen molar-refractivity contribution in [2.24, 2.45) is 0 Å². The van der Waals surface area contributed by atoms with Gasteiger partial charge in [0.05, 0.1) is 0 Å². The summed E-state index contributed by atoms with van der Waals surface area (Å²) in [7, 11) is 0. The van der Waals surface area contributed by atoms with Crippen molar-refractivity contribution >= 4 is 0 Å². The molecule has 1 unspecified atom stereocenters. The van der Waals surface area contributed by atoms with Crippen molar-refractivity contribution in [1.82, 2.24) is 5.32 Å². The Bertz CT molecular complexity index is 598. The standard InChI is InChI=1S/C20H25N/c1-15-6-5-9-18(12-15)19(14-21-20-10-11-20)13-17-8-4-3-7-16(17)2/h3-9,12,19-21H,10-11,13-14H2,1-2H3. The lowest BCUT2D eigenvalue weighted by Crippen LogP contribution is -2.25. The van der Waals surface area contributed by atoms with E-state index >= 15 is 0 Å². The number of hydrogen-bond donors (Lipinski definition) is 1. The summed E-state index contributed by atoms with van der Waals surface area (Å²) in [6, 6.07) is 18.5. The molecule has 0 aliphatic heterocycles. The maximum atomic E-state index is 3.71. The Labute approximate surface area is 128 Å². The van der Waals surface area contributed by atoms with Gasteiger partial charge in [-0.3, -0.25) is 0 Å². The molecule has 0 heterocycles. The summed E-state index contributed by atoms with van der Waals surface area (Å²) >= 11 is 0. The SMILES string of the molecule is Cc1cccc(C(CNC2CC2)Cc2ccccc2C)c1. The molecule has 110 valence electrons. The van der Waals surface area contributed by atoms with Crippen LogP contribution >= 0.6 is 0 Å². The van der Waals surface area contributed by atoms with Gasteiger partial charge in [0.25, 0.3) is 0 Å². The zero-order valence-corrected chi connectivity index (χ0v) is 13.1. The minimum Gasteiger partial charge on any atom is -0.313 e. The molecule has 1 atom stereocenters. The Morgan fingerprint density at radius 2 is 1.86 bits per heavy atom. The van der Waals surface area contributed by atoms with Gasteiger partial charge < -0.3 is 5.32 Å². The lowest BCUT2D eigenvalue weighted by atomic mass is 9.89. The first-order chi connectivity index (χ1) is 10.2. The Hall–Kier alpha value is -1.60. The van der Waals surface area contributed by atoms with Crippen LogP contribution in [0.25, 0.3) is 0 Å². The van der Waals surface area contributed by atoms with Gasteiger partial charge in [0.15, 0.2) is 0 Å². The first kappa shape index (κ1) is 14.3. The number of rotatable bonds is 6. The lowest BCUT2D eigenvalue weighted by molar-refractivity contribution is 0.576. The average Bonchev–Trinajstić information content (AvgIpc) is 3.29. The minimum absolute atomic E-state index is 0.562. The highest BCUT2D eigenvalue weighted by atomic mass is 14.9. The third kappa shape index (κ3) is 3.95. The normalized spacial score (nSPS) is 15.9. The Morgan fingerprint density at radius 1 is 1.05 bits per heavy atom. The van der Waals surface area contributed by atoms with E-state index in [-0.39, 0.29) is 0 Å². The smallest absolute Gasteiger partial charge is 0.00684 e. The van der Waals surface area contributed by atoms with Gasteiger partial charge >= 0.3 is 0 Å². The molecule has 1 aliphatic rings. The summed E-state index contributed by atoms with van der Waals surface area (Å²) in [6.45, 7) is 5.49. The van der Waals surface area contributed by atoms with E-state index in [9.17, 15) is 0 Å². The average molecular weight is 279 g/mol. The molecular weight excluding hydrogens is 254 g/mol. The molecule has 1 aliphatic carbocycles. The summed E-state index contributed by atoms with van der Waals surface area (Å²) in [5, 5.41) is 3.71. The molecule has 0 amide bonds. The fraction of sp³-hybridized carbons (Fsp3) is 0.400. The molecule has 1 N–H and O–H groups in total. The molecular formula is C20H25N. The molecule has 0 radical (unpaired) electrons. The third-order valence-electron chi connectivity index (χ3n) is 4.47. The van der Waals surface area contributed by atoms with Crippen molar-refractivity contribution in [2.75, 3.05) is 6.54 Å². The summed E-state index contributed by atoms with van der Waals surface area (Å²) < 4.78 is 0. The van der Waals surface area contributed by atoms with Crippen LogP contribution in [0.15, 0.2) is 48.5 Å². The topological polar surface area (TPSA) is 12.0 Å². The van der Waals surface area contributed by atoms with Gasteiger partial charge in [0.1, 0.15) is 0 Å². The van der Waals surface area contributed by atoms with E-state index < -0.39 is 0 Å². The zero-order chi connectivity index (χ0) is 14.7. The fourth-order valence-electron chi connectivity index (χ4n) is 2.93. The first-order valence-electron chi connectivity index (χ1n) is 8.07. The first-order valence-corrected chi connectivity index (χ1v) is 8.07. The second kappa shape index (κ2) is 6.44. The Kier molecular flexibility index (Phi) is 4.40. The summed E-state index contributed by atoms with van der Waals surface area (Å²) in [5.74, 6) is 0.562. The third-order valence-corrected chi connectivity index (χ3v) is 4.47. The highest BCUT2D eigenvalue weighted by Gasteiger charge is 2.22. The Morgan fingerprint density at radius 3 is 2.57 bits per heavy atom. The number of aryl methyl sites for hydroxylation is 2. The second-order valence-electron chi connectivity index (χ2n) is 6.42. The van der Waals surface area contributed by atoms with E-state index in [2.05, 4.69) is 67.7 Å². The predicted octanol–water partition coefficient (Wildman–Crippen LogP) is 4.38. The van der Waals surface area contributed by atoms with E-state index in [4.69, 9.17) is 0 Å². The summed E-state index contributed by atoms with van der Waals surface area (Å²) in [6.07, 6.45) is 3.83. The van der Waals surface area contributed by atoms with E-state index in [1.807, 2.05) is 0 Å². The molecule has 1 nitrogen and oxygen atoms in total. The molecule has 1 heteroatoms. The van der Waals surface area contributed by atoms with Gasteiger partial charge in [-0.1, -0.05) is 54.1 Å². The molecule has 0 spiro atoms. The van der Waals surface area contributed by atoms with Gasteiger partial charge in [-0.05, 0) is 49.8 Å². The monoisotopic (exact) mass is 279 g/mol. The van der Waals surface area contributed by atoms with Crippen LogP contribution in [0.3, 0.4) is 0 Å². The quantitative estimate of drug-likeness (QED) is 0.827. The van der Waals surface area contributed by atoms with Gasteiger partial charge in [-0.2, -0.15) is 0 Å². The number of nitrogens with one attached hydrogen (secondary N) is 1. The largest absolute Gasteiger partial charge is 0.313 e. The van der Waals surface area contributed by atoms with Crippen molar-refractivity contribution in [3.05, 3.63) is 70.8 Å². The number of benzene rings is 2. The Balaban J connectivity index is 1.79. The van der Waals surface area contributed by atoms with Gasteiger partial charge in [0.2, 0.25) is 0 Å². The van der Waals surface area contributed by atoms with Crippen LogP contribution in [-0.4, -0.2) is 12.6 Å². The lowest BCUT2D eigenvalue weighted by Gasteiger charge is -2.20. The van der Waals surface area contributed by atoms with Crippen LogP contribution in [0, 0.1) is 13.8 Å². The van der Waals surface area contributed by atoms with Crippen LogP contribution in [0.1, 0.15) is 41.0 Å².